The maximum Gasteiger partial charge on any atom is 0.330 e. The largest absolute Gasteiger partial charge is 0.490 e. The van der Waals surface area contributed by atoms with Crippen molar-refractivity contribution < 1.29 is 23.7 Å². The summed E-state index contributed by atoms with van der Waals surface area (Å²) in [5.74, 6) is 1.76. The van der Waals surface area contributed by atoms with Crippen LogP contribution in [-0.2, 0) is 16.0 Å². The van der Waals surface area contributed by atoms with Gasteiger partial charge < -0.3 is 18.9 Å². The molecule has 0 radical (unpaired) electrons. The lowest BCUT2D eigenvalue weighted by Crippen LogP contribution is -2.10. The lowest BCUT2D eigenvalue weighted by atomic mass is 10.2. The molecule has 1 heterocycles. The first-order chi connectivity index (χ1) is 12.2. The number of rotatable bonds is 7. The van der Waals surface area contributed by atoms with Crippen molar-refractivity contribution in [3.05, 3.63) is 59.7 Å². The molecule has 0 spiro atoms. The SMILES string of the molecule is CCc1cccc(OCCOC(=O)/C=C/c2ccc3c(c2)OCO3)c1. The first kappa shape index (κ1) is 16.9. The molecular formula is C20H20O5. The van der Waals surface area contributed by atoms with Crippen LogP contribution in [0, 0.1) is 0 Å². The number of carbonyl (C=O) groups is 1. The molecule has 0 aliphatic carbocycles. The minimum absolute atomic E-state index is 0.195. The minimum Gasteiger partial charge on any atom is -0.490 e. The summed E-state index contributed by atoms with van der Waals surface area (Å²) in [5.41, 5.74) is 2.05. The lowest BCUT2D eigenvalue weighted by molar-refractivity contribution is -0.138. The summed E-state index contributed by atoms with van der Waals surface area (Å²) in [5, 5.41) is 0. The van der Waals surface area contributed by atoms with Crippen molar-refractivity contribution in [2.24, 2.45) is 0 Å². The van der Waals surface area contributed by atoms with Gasteiger partial charge in [0.2, 0.25) is 6.79 Å². The van der Waals surface area contributed by atoms with Crippen LogP contribution in [0.1, 0.15) is 18.1 Å². The van der Waals surface area contributed by atoms with Crippen molar-refractivity contribution >= 4 is 12.0 Å². The zero-order valence-electron chi connectivity index (χ0n) is 14.1. The summed E-state index contributed by atoms with van der Waals surface area (Å²) in [7, 11) is 0. The zero-order valence-corrected chi connectivity index (χ0v) is 14.1. The third-order valence-corrected chi connectivity index (χ3v) is 3.71. The van der Waals surface area contributed by atoms with E-state index in [1.165, 1.54) is 11.6 Å². The average Bonchev–Trinajstić information content (AvgIpc) is 3.11. The van der Waals surface area contributed by atoms with Gasteiger partial charge in [-0.15, -0.1) is 0 Å². The Labute approximate surface area is 146 Å². The summed E-state index contributed by atoms with van der Waals surface area (Å²) in [6.07, 6.45) is 4.02. The topological polar surface area (TPSA) is 54.0 Å². The van der Waals surface area contributed by atoms with Gasteiger partial charge in [-0.2, -0.15) is 0 Å². The van der Waals surface area contributed by atoms with Gasteiger partial charge in [-0.25, -0.2) is 4.79 Å². The van der Waals surface area contributed by atoms with E-state index in [9.17, 15) is 4.79 Å². The predicted molar refractivity (Wildman–Crippen MR) is 93.9 cm³/mol. The third-order valence-electron chi connectivity index (χ3n) is 3.71. The van der Waals surface area contributed by atoms with Gasteiger partial charge in [-0.05, 0) is 47.9 Å². The van der Waals surface area contributed by atoms with Crippen LogP contribution in [0.25, 0.3) is 6.08 Å². The van der Waals surface area contributed by atoms with Crippen molar-refractivity contribution in [2.75, 3.05) is 20.0 Å². The van der Waals surface area contributed by atoms with E-state index in [1.54, 1.807) is 6.08 Å². The molecule has 0 unspecified atom stereocenters. The zero-order chi connectivity index (χ0) is 17.5. The number of hydrogen-bond acceptors (Lipinski definition) is 5. The van der Waals surface area contributed by atoms with Crippen molar-refractivity contribution in [3.63, 3.8) is 0 Å². The highest BCUT2D eigenvalue weighted by atomic mass is 16.7. The van der Waals surface area contributed by atoms with Crippen LogP contribution in [0.15, 0.2) is 48.5 Å². The molecule has 25 heavy (non-hydrogen) atoms. The number of ether oxygens (including phenoxy) is 4. The molecule has 5 heteroatoms. The van der Waals surface area contributed by atoms with Gasteiger partial charge in [0.15, 0.2) is 11.5 Å². The van der Waals surface area contributed by atoms with Gasteiger partial charge in [0.1, 0.15) is 19.0 Å². The van der Waals surface area contributed by atoms with E-state index in [2.05, 4.69) is 6.92 Å². The Morgan fingerprint density at radius 2 is 2.00 bits per heavy atom. The van der Waals surface area contributed by atoms with Crippen LogP contribution in [-0.4, -0.2) is 26.0 Å². The van der Waals surface area contributed by atoms with E-state index >= 15 is 0 Å². The number of esters is 1. The fraction of sp³-hybridized carbons (Fsp3) is 0.250. The molecule has 0 bridgehead atoms. The number of fused-ring (bicyclic) bond motifs is 1. The number of carbonyl (C=O) groups excluding carboxylic acids is 1. The highest BCUT2D eigenvalue weighted by Crippen LogP contribution is 2.32. The normalized spacial score (nSPS) is 12.4. The van der Waals surface area contributed by atoms with Gasteiger partial charge in [0.25, 0.3) is 0 Å². The molecule has 1 aliphatic heterocycles. The number of aryl methyl sites for hydroxylation is 1. The molecule has 130 valence electrons. The molecule has 0 N–H and O–H groups in total. The summed E-state index contributed by atoms with van der Waals surface area (Å²) in [4.78, 5) is 11.7. The summed E-state index contributed by atoms with van der Waals surface area (Å²) >= 11 is 0. The summed E-state index contributed by atoms with van der Waals surface area (Å²) in [6.45, 7) is 2.83. The molecule has 0 fully saturated rings. The number of benzene rings is 2. The Kier molecular flexibility index (Phi) is 5.57. The summed E-state index contributed by atoms with van der Waals surface area (Å²) < 4.78 is 21.2. The van der Waals surface area contributed by atoms with Gasteiger partial charge in [0, 0.05) is 6.08 Å². The van der Waals surface area contributed by atoms with E-state index in [-0.39, 0.29) is 13.4 Å². The van der Waals surface area contributed by atoms with Crippen LogP contribution in [0.3, 0.4) is 0 Å². The van der Waals surface area contributed by atoms with Gasteiger partial charge in [0.05, 0.1) is 0 Å². The van der Waals surface area contributed by atoms with Crippen molar-refractivity contribution in [2.45, 2.75) is 13.3 Å². The number of hydrogen-bond donors (Lipinski definition) is 0. The highest BCUT2D eigenvalue weighted by Gasteiger charge is 2.12. The standard InChI is InChI=1S/C20H20O5/c1-2-15-4-3-5-17(12-15)22-10-11-23-20(21)9-7-16-6-8-18-19(13-16)25-14-24-18/h3-9,12-13H,2,10-11,14H2,1H3/b9-7+. The molecular weight excluding hydrogens is 320 g/mol. The molecule has 2 aromatic rings. The monoisotopic (exact) mass is 340 g/mol. The molecule has 5 nitrogen and oxygen atoms in total. The summed E-state index contributed by atoms with van der Waals surface area (Å²) in [6, 6.07) is 13.4. The van der Waals surface area contributed by atoms with Gasteiger partial charge in [-0.1, -0.05) is 25.1 Å². The lowest BCUT2D eigenvalue weighted by Gasteiger charge is -2.07. The smallest absolute Gasteiger partial charge is 0.330 e. The van der Waals surface area contributed by atoms with Crippen molar-refractivity contribution in [3.8, 4) is 17.2 Å². The molecule has 0 amide bonds. The molecule has 1 aliphatic rings. The Morgan fingerprint density at radius 3 is 2.88 bits per heavy atom. The second kappa shape index (κ2) is 8.24. The van der Waals surface area contributed by atoms with Crippen LogP contribution < -0.4 is 14.2 Å². The Morgan fingerprint density at radius 1 is 1.12 bits per heavy atom. The molecule has 0 atom stereocenters. The average molecular weight is 340 g/mol. The maximum atomic E-state index is 11.7. The van der Waals surface area contributed by atoms with Crippen LogP contribution in [0.4, 0.5) is 0 Å². The first-order valence-corrected chi connectivity index (χ1v) is 8.21. The van der Waals surface area contributed by atoms with Gasteiger partial charge >= 0.3 is 5.97 Å². The van der Waals surface area contributed by atoms with Crippen LogP contribution in [0.5, 0.6) is 17.2 Å². The van der Waals surface area contributed by atoms with E-state index < -0.39 is 5.97 Å². The molecule has 3 rings (SSSR count). The highest BCUT2D eigenvalue weighted by molar-refractivity contribution is 5.87. The molecule has 0 saturated carbocycles. The second-order valence-electron chi connectivity index (χ2n) is 5.46. The minimum atomic E-state index is -0.413. The maximum absolute atomic E-state index is 11.7. The van der Waals surface area contributed by atoms with Crippen molar-refractivity contribution in [1.82, 2.24) is 0 Å². The Balaban J connectivity index is 1.42. The third kappa shape index (κ3) is 4.76. The first-order valence-electron chi connectivity index (χ1n) is 8.21. The predicted octanol–water partition coefficient (Wildman–Crippen LogP) is 3.61. The quantitative estimate of drug-likeness (QED) is 0.438. The Hall–Kier alpha value is -2.95. The fourth-order valence-corrected chi connectivity index (χ4v) is 2.39. The van der Waals surface area contributed by atoms with Gasteiger partial charge in [-0.3, -0.25) is 0 Å². The second-order valence-corrected chi connectivity index (χ2v) is 5.46. The van der Waals surface area contributed by atoms with E-state index in [0.717, 1.165) is 17.7 Å². The van der Waals surface area contributed by atoms with Crippen molar-refractivity contribution in [1.29, 1.82) is 0 Å². The Bertz CT molecular complexity index is 766. The van der Waals surface area contributed by atoms with Crippen LogP contribution >= 0.6 is 0 Å². The molecule has 0 aromatic heterocycles. The van der Waals surface area contributed by atoms with E-state index in [0.29, 0.717) is 18.1 Å². The van der Waals surface area contributed by atoms with E-state index in [1.807, 2.05) is 42.5 Å². The van der Waals surface area contributed by atoms with E-state index in [4.69, 9.17) is 18.9 Å². The molecule has 2 aromatic carbocycles. The van der Waals surface area contributed by atoms with Crippen LogP contribution in [0.2, 0.25) is 0 Å². The molecule has 0 saturated heterocycles. The fourth-order valence-electron chi connectivity index (χ4n) is 2.39.